The van der Waals surface area contributed by atoms with Crippen LogP contribution in [-0.2, 0) is 11.3 Å². The highest BCUT2D eigenvalue weighted by atomic mass is 32.2. The maximum absolute atomic E-state index is 12.1. The topological polar surface area (TPSA) is 63.1 Å². The number of thioether (sulfide) groups is 1. The van der Waals surface area contributed by atoms with E-state index in [1.54, 1.807) is 0 Å². The smallest absolute Gasteiger partial charge is 0.230 e. The van der Waals surface area contributed by atoms with Crippen molar-refractivity contribution in [1.82, 2.24) is 20.1 Å². The monoisotopic (exact) mass is 357 g/mol. The van der Waals surface area contributed by atoms with Crippen LogP contribution >= 0.6 is 11.8 Å². The molecule has 4 rings (SSSR count). The maximum Gasteiger partial charge on any atom is 0.230 e. The van der Waals surface area contributed by atoms with Crippen LogP contribution in [0.1, 0.15) is 37.3 Å². The van der Waals surface area contributed by atoms with E-state index >= 15 is 0 Å². The van der Waals surface area contributed by atoms with Crippen LogP contribution in [-0.4, -0.2) is 39.5 Å². The summed E-state index contributed by atoms with van der Waals surface area (Å²) in [6.45, 7) is 2.69. The van der Waals surface area contributed by atoms with Crippen LogP contribution in [0.25, 0.3) is 0 Å². The summed E-state index contributed by atoms with van der Waals surface area (Å²) >= 11 is 1.49. The molecule has 2 aromatic rings. The Morgan fingerprint density at radius 1 is 1.16 bits per heavy atom. The van der Waals surface area contributed by atoms with Crippen LogP contribution in [0.4, 0.5) is 5.95 Å². The first-order chi connectivity index (χ1) is 12.3. The summed E-state index contributed by atoms with van der Waals surface area (Å²) in [5.41, 5.74) is 1.11. The summed E-state index contributed by atoms with van der Waals surface area (Å²) in [5.74, 6) is 1.40. The van der Waals surface area contributed by atoms with E-state index in [2.05, 4.69) is 25.0 Å². The Kier molecular flexibility index (Phi) is 4.92. The Hall–Kier alpha value is -2.02. The zero-order valence-corrected chi connectivity index (χ0v) is 15.0. The van der Waals surface area contributed by atoms with Crippen LogP contribution in [0.2, 0.25) is 0 Å². The van der Waals surface area contributed by atoms with Gasteiger partial charge in [0.2, 0.25) is 11.9 Å². The van der Waals surface area contributed by atoms with Crippen molar-refractivity contribution in [3.05, 3.63) is 35.9 Å². The van der Waals surface area contributed by atoms with Crippen molar-refractivity contribution in [3.63, 3.8) is 0 Å². The Bertz CT molecular complexity index is 722. The van der Waals surface area contributed by atoms with Gasteiger partial charge in [0.25, 0.3) is 0 Å². The van der Waals surface area contributed by atoms with Crippen LogP contribution < -0.4 is 10.2 Å². The summed E-state index contributed by atoms with van der Waals surface area (Å²) in [6.07, 6.45) is 4.82. The minimum Gasteiger partial charge on any atom is -0.351 e. The van der Waals surface area contributed by atoms with Gasteiger partial charge in [0.05, 0.1) is 5.75 Å². The minimum absolute atomic E-state index is 0.0296. The molecule has 1 aromatic heterocycles. The molecule has 2 fully saturated rings. The number of amides is 1. The third kappa shape index (κ3) is 3.98. The largest absolute Gasteiger partial charge is 0.351 e. The number of carbonyl (C=O) groups is 1. The van der Waals surface area contributed by atoms with E-state index in [-0.39, 0.29) is 5.91 Å². The molecule has 0 radical (unpaired) electrons. The summed E-state index contributed by atoms with van der Waals surface area (Å²) < 4.78 is 2.25. The van der Waals surface area contributed by atoms with Crippen molar-refractivity contribution in [2.45, 2.75) is 43.4 Å². The van der Waals surface area contributed by atoms with Gasteiger partial charge in [-0.05, 0) is 31.2 Å². The van der Waals surface area contributed by atoms with E-state index in [1.807, 2.05) is 30.3 Å². The van der Waals surface area contributed by atoms with Gasteiger partial charge in [-0.15, -0.1) is 10.2 Å². The summed E-state index contributed by atoms with van der Waals surface area (Å²) in [7, 11) is 0. The van der Waals surface area contributed by atoms with E-state index in [4.69, 9.17) is 0 Å². The van der Waals surface area contributed by atoms with Gasteiger partial charge in [-0.25, -0.2) is 0 Å². The number of hydrogen-bond donors (Lipinski definition) is 1. The SMILES string of the molecule is O=C(CSc1nnc(N2CCCC2)n1C1CC1)NCc1ccccc1. The predicted octanol–water partition coefficient (Wildman–Crippen LogP) is 2.62. The first-order valence-electron chi connectivity index (χ1n) is 8.94. The third-order valence-electron chi connectivity index (χ3n) is 4.61. The molecule has 6 nitrogen and oxygen atoms in total. The van der Waals surface area contributed by atoms with Crippen molar-refractivity contribution in [1.29, 1.82) is 0 Å². The summed E-state index contributed by atoms with van der Waals surface area (Å²) in [6, 6.07) is 10.5. The number of nitrogens with one attached hydrogen (secondary N) is 1. The Balaban J connectivity index is 1.35. The lowest BCUT2D eigenvalue weighted by Crippen LogP contribution is -2.25. The van der Waals surface area contributed by atoms with Crippen molar-refractivity contribution >= 4 is 23.6 Å². The van der Waals surface area contributed by atoms with Crippen molar-refractivity contribution in [3.8, 4) is 0 Å². The van der Waals surface area contributed by atoms with Crippen molar-refractivity contribution < 1.29 is 4.79 Å². The molecule has 2 heterocycles. The highest BCUT2D eigenvalue weighted by Gasteiger charge is 2.32. The Morgan fingerprint density at radius 3 is 2.64 bits per heavy atom. The van der Waals surface area contributed by atoms with Gasteiger partial charge in [0.1, 0.15) is 0 Å². The molecule has 25 heavy (non-hydrogen) atoms. The summed E-state index contributed by atoms with van der Waals surface area (Å²) in [5, 5.41) is 12.6. The van der Waals surface area contributed by atoms with Crippen LogP contribution in [0, 0.1) is 0 Å². The second kappa shape index (κ2) is 7.47. The molecule has 1 aliphatic heterocycles. The fourth-order valence-electron chi connectivity index (χ4n) is 3.13. The molecule has 7 heteroatoms. The second-order valence-electron chi connectivity index (χ2n) is 6.63. The zero-order valence-electron chi connectivity index (χ0n) is 14.2. The molecule has 0 spiro atoms. The maximum atomic E-state index is 12.1. The third-order valence-corrected chi connectivity index (χ3v) is 5.56. The molecule has 1 saturated carbocycles. The van der Waals surface area contributed by atoms with Gasteiger partial charge >= 0.3 is 0 Å². The van der Waals surface area contributed by atoms with Gasteiger partial charge in [0.15, 0.2) is 5.16 Å². The van der Waals surface area contributed by atoms with Crippen molar-refractivity contribution in [2.75, 3.05) is 23.7 Å². The standard InChI is InChI=1S/C18H23N5OS/c24-16(19-12-14-6-2-1-3-7-14)13-25-18-21-20-17(22-10-4-5-11-22)23(18)15-8-9-15/h1-3,6-7,15H,4-5,8-13H2,(H,19,24). The molecule has 0 bridgehead atoms. The quantitative estimate of drug-likeness (QED) is 0.772. The Labute approximate surface area is 152 Å². The van der Waals surface area contributed by atoms with E-state index in [1.165, 1.54) is 37.4 Å². The number of nitrogens with zero attached hydrogens (tertiary/aromatic N) is 4. The number of anilines is 1. The second-order valence-corrected chi connectivity index (χ2v) is 7.57. The van der Waals surface area contributed by atoms with Gasteiger partial charge in [-0.3, -0.25) is 9.36 Å². The normalized spacial score (nSPS) is 17.0. The Morgan fingerprint density at radius 2 is 1.92 bits per heavy atom. The first-order valence-corrected chi connectivity index (χ1v) is 9.93. The molecule has 1 saturated heterocycles. The highest BCUT2D eigenvalue weighted by molar-refractivity contribution is 7.99. The van der Waals surface area contributed by atoms with E-state index in [0.717, 1.165) is 29.8 Å². The van der Waals surface area contributed by atoms with E-state index in [0.29, 0.717) is 18.3 Å². The molecule has 0 unspecified atom stereocenters. The summed E-state index contributed by atoms with van der Waals surface area (Å²) in [4.78, 5) is 14.5. The number of carbonyl (C=O) groups excluding carboxylic acids is 1. The van der Waals surface area contributed by atoms with Crippen LogP contribution in [0.5, 0.6) is 0 Å². The fraction of sp³-hybridized carbons (Fsp3) is 0.500. The molecule has 1 N–H and O–H groups in total. The average Bonchev–Trinajstić information content (AvgIpc) is 3.17. The molecule has 1 aromatic carbocycles. The van der Waals surface area contributed by atoms with Crippen molar-refractivity contribution in [2.24, 2.45) is 0 Å². The van der Waals surface area contributed by atoms with Gasteiger partial charge in [-0.1, -0.05) is 42.1 Å². The molecular formula is C18H23N5OS. The number of hydrogen-bond acceptors (Lipinski definition) is 5. The number of rotatable bonds is 7. The first kappa shape index (κ1) is 16.4. The average molecular weight is 357 g/mol. The lowest BCUT2D eigenvalue weighted by molar-refractivity contribution is -0.118. The fourth-order valence-corrected chi connectivity index (χ4v) is 3.96. The van der Waals surface area contributed by atoms with Gasteiger partial charge in [0, 0.05) is 25.7 Å². The molecule has 1 amide bonds. The molecule has 2 aliphatic rings. The molecule has 0 atom stereocenters. The predicted molar refractivity (Wildman–Crippen MR) is 98.8 cm³/mol. The zero-order chi connectivity index (χ0) is 17.1. The molecule has 1 aliphatic carbocycles. The minimum atomic E-state index is 0.0296. The van der Waals surface area contributed by atoms with Gasteiger partial charge < -0.3 is 10.2 Å². The van der Waals surface area contributed by atoms with Crippen LogP contribution in [0.3, 0.4) is 0 Å². The van der Waals surface area contributed by atoms with Gasteiger partial charge in [-0.2, -0.15) is 0 Å². The molecule has 132 valence electrons. The van der Waals surface area contributed by atoms with Crippen LogP contribution in [0.15, 0.2) is 35.5 Å². The van der Waals surface area contributed by atoms with E-state index in [9.17, 15) is 4.79 Å². The van der Waals surface area contributed by atoms with E-state index < -0.39 is 0 Å². The highest BCUT2D eigenvalue weighted by Crippen LogP contribution is 2.41. The lowest BCUT2D eigenvalue weighted by atomic mass is 10.2. The molecular weight excluding hydrogens is 334 g/mol. The number of benzene rings is 1. The lowest BCUT2D eigenvalue weighted by Gasteiger charge is -2.17. The number of aromatic nitrogens is 3.